The van der Waals surface area contributed by atoms with E-state index in [9.17, 15) is 18.3 Å². The van der Waals surface area contributed by atoms with Crippen LogP contribution in [0.2, 0.25) is 0 Å². The van der Waals surface area contributed by atoms with Crippen LogP contribution < -0.4 is 10.5 Å². The molecule has 2 aromatic rings. The first-order valence-corrected chi connectivity index (χ1v) is 10.4. The van der Waals surface area contributed by atoms with E-state index in [0.29, 0.717) is 11.6 Å². The van der Waals surface area contributed by atoms with E-state index in [4.69, 9.17) is 10.5 Å². The number of ether oxygens (including phenoxy) is 1. The van der Waals surface area contributed by atoms with E-state index in [2.05, 4.69) is 25.8 Å². The van der Waals surface area contributed by atoms with Gasteiger partial charge in [0.25, 0.3) is 0 Å². The summed E-state index contributed by atoms with van der Waals surface area (Å²) in [5.41, 5.74) is 4.75. The standard InChI is InChI=1S/C23H31F3N2O2/c1-21(2,3)14-5-7-15(8-6-14)30-18-11-10-17-16(20(18)23(24,25)26)9-12-19(28-17)22(4,27)13-29/h9-12,14-15,29H,5-8,13,27H2,1-4H3. The third-order valence-electron chi connectivity index (χ3n) is 6.22. The molecule has 3 N–H and O–H groups in total. The van der Waals surface area contributed by atoms with Gasteiger partial charge in [-0.1, -0.05) is 26.8 Å². The molecule has 1 heterocycles. The first-order valence-electron chi connectivity index (χ1n) is 10.4. The number of hydrogen-bond acceptors (Lipinski definition) is 4. The number of hydrogen-bond donors (Lipinski definition) is 2. The van der Waals surface area contributed by atoms with E-state index < -0.39 is 17.3 Å². The van der Waals surface area contributed by atoms with Crippen LogP contribution in [0.15, 0.2) is 24.3 Å². The van der Waals surface area contributed by atoms with E-state index >= 15 is 0 Å². The zero-order valence-electron chi connectivity index (χ0n) is 18.0. The molecule has 3 rings (SSSR count). The Kier molecular flexibility index (Phi) is 6.09. The summed E-state index contributed by atoms with van der Waals surface area (Å²) in [5.74, 6) is 0.400. The molecular formula is C23H31F3N2O2. The van der Waals surface area contributed by atoms with Crippen LogP contribution in [-0.2, 0) is 11.7 Å². The molecular weight excluding hydrogens is 393 g/mol. The molecule has 7 heteroatoms. The molecule has 1 saturated carbocycles. The van der Waals surface area contributed by atoms with E-state index in [1.807, 2.05) is 0 Å². The van der Waals surface area contributed by atoms with Crippen molar-refractivity contribution in [2.45, 2.75) is 71.2 Å². The number of nitrogens with zero attached hydrogens (tertiary/aromatic N) is 1. The summed E-state index contributed by atoms with van der Waals surface area (Å²) < 4.78 is 47.8. The third kappa shape index (κ3) is 4.72. The molecule has 0 amide bonds. The van der Waals surface area contributed by atoms with Gasteiger partial charge in [-0.25, -0.2) is 0 Å². The Bertz CT molecular complexity index is 896. The molecule has 1 aromatic heterocycles. The maximum Gasteiger partial charge on any atom is 0.420 e. The zero-order chi connectivity index (χ0) is 22.3. The van der Waals surface area contributed by atoms with Crippen LogP contribution in [-0.4, -0.2) is 22.8 Å². The summed E-state index contributed by atoms with van der Waals surface area (Å²) in [4.78, 5) is 4.28. The fraction of sp³-hybridized carbons (Fsp3) is 0.609. The number of aliphatic hydroxyl groups excluding tert-OH is 1. The first kappa shape index (κ1) is 22.8. The smallest absolute Gasteiger partial charge is 0.420 e. The second-order valence-electron chi connectivity index (χ2n) is 9.73. The van der Waals surface area contributed by atoms with Gasteiger partial charge in [0.05, 0.1) is 29.5 Å². The average molecular weight is 425 g/mol. The number of halogens is 3. The molecule has 166 valence electrons. The average Bonchev–Trinajstić information content (AvgIpc) is 2.66. The molecule has 30 heavy (non-hydrogen) atoms. The van der Waals surface area contributed by atoms with E-state index in [1.165, 1.54) is 24.3 Å². The predicted octanol–water partition coefficient (Wildman–Crippen LogP) is 5.40. The first-order chi connectivity index (χ1) is 13.8. The fourth-order valence-corrected chi connectivity index (χ4v) is 4.20. The molecule has 1 aromatic carbocycles. The van der Waals surface area contributed by atoms with Crippen LogP contribution in [0.1, 0.15) is 64.6 Å². The van der Waals surface area contributed by atoms with Gasteiger partial charge in [-0.05, 0) is 62.1 Å². The molecule has 1 aliphatic carbocycles. The van der Waals surface area contributed by atoms with Crippen molar-refractivity contribution in [2.75, 3.05) is 6.61 Å². The van der Waals surface area contributed by atoms with Crippen LogP contribution in [0.4, 0.5) is 13.2 Å². The summed E-state index contributed by atoms with van der Waals surface area (Å²) >= 11 is 0. The van der Waals surface area contributed by atoms with Gasteiger partial charge in [0.2, 0.25) is 0 Å². The van der Waals surface area contributed by atoms with Gasteiger partial charge in [0.15, 0.2) is 0 Å². The highest BCUT2D eigenvalue weighted by molar-refractivity contribution is 5.85. The number of benzene rings is 1. The van der Waals surface area contributed by atoms with Crippen molar-refractivity contribution in [3.63, 3.8) is 0 Å². The van der Waals surface area contributed by atoms with Crippen LogP contribution in [0, 0.1) is 11.3 Å². The van der Waals surface area contributed by atoms with Crippen molar-refractivity contribution < 1.29 is 23.0 Å². The highest BCUT2D eigenvalue weighted by atomic mass is 19.4. The quantitative estimate of drug-likeness (QED) is 0.689. The predicted molar refractivity (Wildman–Crippen MR) is 111 cm³/mol. The lowest BCUT2D eigenvalue weighted by Gasteiger charge is -2.37. The van der Waals surface area contributed by atoms with Crippen molar-refractivity contribution in [2.24, 2.45) is 17.1 Å². The minimum absolute atomic E-state index is 0.0270. The summed E-state index contributed by atoms with van der Waals surface area (Å²) in [6, 6.07) is 5.68. The summed E-state index contributed by atoms with van der Waals surface area (Å²) in [5, 5.41) is 9.41. The highest BCUT2D eigenvalue weighted by Crippen LogP contribution is 2.44. The van der Waals surface area contributed by atoms with E-state index in [-0.39, 0.29) is 34.8 Å². The van der Waals surface area contributed by atoms with Gasteiger partial charge in [-0.15, -0.1) is 0 Å². The lowest BCUT2D eigenvalue weighted by atomic mass is 9.72. The summed E-state index contributed by atoms with van der Waals surface area (Å²) in [7, 11) is 0. The van der Waals surface area contributed by atoms with Crippen molar-refractivity contribution in [3.05, 3.63) is 35.5 Å². The van der Waals surface area contributed by atoms with Gasteiger partial charge in [0, 0.05) is 5.39 Å². The Morgan fingerprint density at radius 1 is 1.03 bits per heavy atom. The molecule has 0 saturated heterocycles. The number of rotatable bonds is 4. The van der Waals surface area contributed by atoms with Gasteiger partial charge in [-0.3, -0.25) is 4.98 Å². The van der Waals surface area contributed by atoms with Crippen LogP contribution in [0.3, 0.4) is 0 Å². The molecule has 0 spiro atoms. The Morgan fingerprint density at radius 3 is 2.20 bits per heavy atom. The van der Waals surface area contributed by atoms with Gasteiger partial charge in [-0.2, -0.15) is 13.2 Å². The van der Waals surface area contributed by atoms with Crippen molar-refractivity contribution in [1.29, 1.82) is 0 Å². The van der Waals surface area contributed by atoms with Crippen molar-refractivity contribution in [1.82, 2.24) is 4.98 Å². The minimum Gasteiger partial charge on any atom is -0.490 e. The van der Waals surface area contributed by atoms with E-state index in [0.717, 1.165) is 25.7 Å². The molecule has 1 unspecified atom stereocenters. The fourth-order valence-electron chi connectivity index (χ4n) is 4.20. The SMILES string of the molecule is CC(N)(CO)c1ccc2c(C(F)(F)F)c(OC3CCC(C(C)(C)C)CC3)ccc2n1. The lowest BCUT2D eigenvalue weighted by molar-refractivity contribution is -0.138. The summed E-state index contributed by atoms with van der Waals surface area (Å²) in [6.07, 6.45) is -1.42. The Hall–Kier alpha value is -1.86. The number of nitrogens with two attached hydrogens (primary N) is 1. The van der Waals surface area contributed by atoms with Crippen molar-refractivity contribution >= 4 is 10.9 Å². The van der Waals surface area contributed by atoms with E-state index in [1.54, 1.807) is 6.92 Å². The number of pyridine rings is 1. The normalized spacial score (nSPS) is 22.7. The second kappa shape index (κ2) is 8.00. The van der Waals surface area contributed by atoms with Crippen LogP contribution in [0.25, 0.3) is 10.9 Å². The zero-order valence-corrected chi connectivity index (χ0v) is 18.0. The Balaban J connectivity index is 1.93. The number of fused-ring (bicyclic) bond motifs is 1. The van der Waals surface area contributed by atoms with Gasteiger partial charge >= 0.3 is 6.18 Å². The largest absolute Gasteiger partial charge is 0.490 e. The summed E-state index contributed by atoms with van der Waals surface area (Å²) in [6.45, 7) is 7.82. The van der Waals surface area contributed by atoms with Crippen LogP contribution in [0.5, 0.6) is 5.75 Å². The van der Waals surface area contributed by atoms with Gasteiger partial charge in [0.1, 0.15) is 11.3 Å². The lowest BCUT2D eigenvalue weighted by Crippen LogP contribution is -2.37. The maximum atomic E-state index is 14.0. The molecule has 0 radical (unpaired) electrons. The molecule has 4 nitrogen and oxygen atoms in total. The maximum absolute atomic E-state index is 14.0. The molecule has 1 fully saturated rings. The minimum atomic E-state index is -4.58. The van der Waals surface area contributed by atoms with Gasteiger partial charge < -0.3 is 15.6 Å². The Labute approximate surface area is 175 Å². The Morgan fingerprint density at radius 2 is 1.67 bits per heavy atom. The molecule has 1 aliphatic rings. The van der Waals surface area contributed by atoms with Crippen molar-refractivity contribution in [3.8, 4) is 5.75 Å². The third-order valence-corrected chi connectivity index (χ3v) is 6.22. The molecule has 1 atom stereocenters. The second-order valence-corrected chi connectivity index (χ2v) is 9.73. The van der Waals surface area contributed by atoms with Crippen LogP contribution >= 0.6 is 0 Å². The molecule has 0 bridgehead atoms. The number of aromatic nitrogens is 1. The number of aliphatic hydroxyl groups is 1. The molecule has 0 aliphatic heterocycles. The highest BCUT2D eigenvalue weighted by Gasteiger charge is 2.38. The number of alkyl halides is 3. The topological polar surface area (TPSA) is 68.4 Å². The monoisotopic (exact) mass is 424 g/mol.